The zero-order valence-corrected chi connectivity index (χ0v) is 7.41. The third-order valence-corrected chi connectivity index (χ3v) is 2.01. The van der Waals surface area contributed by atoms with Crippen LogP contribution in [0.3, 0.4) is 0 Å². The average Bonchev–Trinajstić information content (AvgIpc) is 2.42. The summed E-state index contributed by atoms with van der Waals surface area (Å²) in [6.07, 6.45) is 2.90. The molecule has 2 heterocycles. The summed E-state index contributed by atoms with van der Waals surface area (Å²) >= 11 is 0. The molecule has 13 heavy (non-hydrogen) atoms. The molecule has 0 atom stereocenters. The Bertz CT molecular complexity index is 450. The number of rotatable bonds is 1. The van der Waals surface area contributed by atoms with Crippen molar-refractivity contribution in [3.63, 3.8) is 0 Å². The minimum atomic E-state index is -0.257. The van der Waals surface area contributed by atoms with Crippen molar-refractivity contribution in [2.45, 2.75) is 0 Å². The number of aromatic nitrogens is 2. The predicted molar refractivity (Wildman–Crippen MR) is 47.2 cm³/mol. The van der Waals surface area contributed by atoms with Crippen LogP contribution in [0.2, 0.25) is 0 Å². The van der Waals surface area contributed by atoms with E-state index in [1.807, 2.05) is 0 Å². The van der Waals surface area contributed by atoms with Crippen molar-refractivity contribution in [1.29, 1.82) is 0 Å². The maximum Gasteiger partial charge on any atom is 0.215 e. The molecule has 2 aromatic rings. The molecule has 0 unspecified atom stereocenters. The first-order valence-corrected chi connectivity index (χ1v) is 3.87. The van der Waals surface area contributed by atoms with Gasteiger partial charge in [-0.1, -0.05) is 0 Å². The fourth-order valence-corrected chi connectivity index (χ4v) is 1.32. The first-order valence-electron chi connectivity index (χ1n) is 3.87. The monoisotopic (exact) mass is 180 g/mol. The molecule has 0 aliphatic heterocycles. The molecule has 68 valence electrons. The van der Waals surface area contributed by atoms with Crippen LogP contribution in [0.15, 0.2) is 18.5 Å². The van der Waals surface area contributed by atoms with Gasteiger partial charge in [0.2, 0.25) is 5.88 Å². The highest BCUT2D eigenvalue weighted by atomic mass is 19.1. The molecular formula is C9H9FN2O. The Morgan fingerprint density at radius 3 is 3.00 bits per heavy atom. The predicted octanol–water partition coefficient (Wildman–Crippen LogP) is 1.72. The summed E-state index contributed by atoms with van der Waals surface area (Å²) in [5.41, 5.74) is 0.782. The quantitative estimate of drug-likeness (QED) is 0.668. The number of hydrogen-bond donors (Lipinski definition) is 0. The fraction of sp³-hybridized carbons (Fsp3) is 0.222. The van der Waals surface area contributed by atoms with Crippen LogP contribution in [0.5, 0.6) is 5.88 Å². The Morgan fingerprint density at radius 1 is 1.54 bits per heavy atom. The first-order chi connectivity index (χ1) is 6.22. The minimum absolute atomic E-state index is 0.257. The summed E-state index contributed by atoms with van der Waals surface area (Å²) in [7, 11) is 3.32. The lowest BCUT2D eigenvalue weighted by Gasteiger charge is -1.99. The lowest BCUT2D eigenvalue weighted by Crippen LogP contribution is -1.89. The Labute approximate surface area is 74.8 Å². The van der Waals surface area contributed by atoms with E-state index in [1.165, 1.54) is 19.5 Å². The molecule has 2 rings (SSSR count). The second-order valence-corrected chi connectivity index (χ2v) is 2.83. The van der Waals surface area contributed by atoms with Crippen LogP contribution in [0.25, 0.3) is 10.9 Å². The van der Waals surface area contributed by atoms with Crippen LogP contribution < -0.4 is 4.74 Å². The van der Waals surface area contributed by atoms with E-state index in [2.05, 4.69) is 4.98 Å². The number of methoxy groups -OCH3 is 1. The van der Waals surface area contributed by atoms with Crippen molar-refractivity contribution < 1.29 is 9.13 Å². The molecule has 0 aliphatic carbocycles. The minimum Gasteiger partial charge on any atom is -0.481 e. The van der Waals surface area contributed by atoms with E-state index in [4.69, 9.17) is 4.74 Å². The molecule has 2 aromatic heterocycles. The summed E-state index contributed by atoms with van der Waals surface area (Å²) in [6, 6.07) is 1.71. The summed E-state index contributed by atoms with van der Waals surface area (Å²) in [5, 5.41) is 0.517. The van der Waals surface area contributed by atoms with Gasteiger partial charge in [-0.3, -0.25) is 0 Å². The number of hydrogen-bond acceptors (Lipinski definition) is 2. The van der Waals surface area contributed by atoms with E-state index in [9.17, 15) is 4.39 Å². The van der Waals surface area contributed by atoms with Gasteiger partial charge < -0.3 is 9.30 Å². The topological polar surface area (TPSA) is 27.1 Å². The van der Waals surface area contributed by atoms with E-state index in [0.29, 0.717) is 11.3 Å². The zero-order valence-electron chi connectivity index (χ0n) is 7.41. The van der Waals surface area contributed by atoms with Crippen molar-refractivity contribution >= 4 is 10.9 Å². The molecule has 0 spiro atoms. The van der Waals surface area contributed by atoms with Gasteiger partial charge in [-0.05, 0) is 0 Å². The Balaban J connectivity index is 2.76. The van der Waals surface area contributed by atoms with Crippen LogP contribution in [-0.4, -0.2) is 16.7 Å². The lowest BCUT2D eigenvalue weighted by atomic mass is 10.3. The highest BCUT2D eigenvalue weighted by Crippen LogP contribution is 2.21. The second-order valence-electron chi connectivity index (χ2n) is 2.83. The fourth-order valence-electron chi connectivity index (χ4n) is 1.32. The van der Waals surface area contributed by atoms with Gasteiger partial charge >= 0.3 is 0 Å². The molecule has 0 saturated heterocycles. The van der Waals surface area contributed by atoms with Gasteiger partial charge in [0.1, 0.15) is 5.82 Å². The molecule has 0 N–H and O–H groups in total. The molecule has 0 bridgehead atoms. The molecule has 0 amide bonds. The van der Waals surface area contributed by atoms with Crippen molar-refractivity contribution in [3.8, 4) is 5.88 Å². The third-order valence-electron chi connectivity index (χ3n) is 2.01. The van der Waals surface area contributed by atoms with Crippen LogP contribution in [-0.2, 0) is 7.05 Å². The van der Waals surface area contributed by atoms with Gasteiger partial charge in [0, 0.05) is 25.5 Å². The van der Waals surface area contributed by atoms with Crippen LogP contribution in [0, 0.1) is 5.82 Å². The Morgan fingerprint density at radius 2 is 2.31 bits per heavy atom. The van der Waals surface area contributed by atoms with E-state index < -0.39 is 0 Å². The van der Waals surface area contributed by atoms with Gasteiger partial charge in [-0.2, -0.15) is 0 Å². The largest absolute Gasteiger partial charge is 0.481 e. The smallest absolute Gasteiger partial charge is 0.215 e. The van der Waals surface area contributed by atoms with Gasteiger partial charge in [-0.25, -0.2) is 9.37 Å². The molecule has 0 aromatic carbocycles. The summed E-state index contributed by atoms with van der Waals surface area (Å²) in [5.74, 6) is 0.237. The molecular weight excluding hydrogens is 171 g/mol. The van der Waals surface area contributed by atoms with E-state index in [1.54, 1.807) is 17.7 Å². The van der Waals surface area contributed by atoms with E-state index in [0.717, 1.165) is 5.52 Å². The average molecular weight is 180 g/mol. The van der Waals surface area contributed by atoms with Crippen LogP contribution in [0.1, 0.15) is 0 Å². The lowest BCUT2D eigenvalue weighted by molar-refractivity contribution is 0.398. The SMILES string of the molecule is COc1cc2c(cn1)c(F)cn2C. The highest BCUT2D eigenvalue weighted by Gasteiger charge is 2.07. The van der Waals surface area contributed by atoms with Gasteiger partial charge in [0.25, 0.3) is 0 Å². The Hall–Kier alpha value is -1.58. The van der Waals surface area contributed by atoms with Gasteiger partial charge in [0.15, 0.2) is 0 Å². The number of pyridine rings is 1. The summed E-state index contributed by atoms with van der Waals surface area (Å²) < 4.78 is 19.8. The zero-order chi connectivity index (χ0) is 9.42. The van der Waals surface area contributed by atoms with E-state index in [-0.39, 0.29) is 5.82 Å². The normalized spacial score (nSPS) is 10.7. The molecule has 3 nitrogen and oxygen atoms in total. The highest BCUT2D eigenvalue weighted by molar-refractivity contribution is 5.80. The molecule has 0 saturated carbocycles. The van der Waals surface area contributed by atoms with Crippen LogP contribution in [0.4, 0.5) is 4.39 Å². The first kappa shape index (κ1) is 8.04. The van der Waals surface area contributed by atoms with Gasteiger partial charge in [-0.15, -0.1) is 0 Å². The standard InChI is InChI=1S/C9H9FN2O/c1-12-5-7(10)6-4-11-9(13-2)3-8(6)12/h3-5H,1-2H3. The Kier molecular flexibility index (Phi) is 1.69. The van der Waals surface area contributed by atoms with Crippen LogP contribution >= 0.6 is 0 Å². The number of nitrogens with zero attached hydrogens (tertiary/aromatic N) is 2. The molecule has 0 radical (unpaired) electrons. The van der Waals surface area contributed by atoms with Crippen molar-refractivity contribution in [1.82, 2.24) is 9.55 Å². The maximum absolute atomic E-state index is 13.1. The molecule has 0 fully saturated rings. The summed E-state index contributed by atoms with van der Waals surface area (Å²) in [6.45, 7) is 0. The molecule has 0 aliphatic rings. The second kappa shape index (κ2) is 2.73. The van der Waals surface area contributed by atoms with Crippen molar-refractivity contribution in [2.24, 2.45) is 7.05 Å². The third kappa shape index (κ3) is 1.14. The van der Waals surface area contributed by atoms with Crippen molar-refractivity contribution in [2.75, 3.05) is 7.11 Å². The van der Waals surface area contributed by atoms with E-state index >= 15 is 0 Å². The number of aryl methyl sites for hydroxylation is 1. The number of halogens is 1. The van der Waals surface area contributed by atoms with Crippen molar-refractivity contribution in [3.05, 3.63) is 24.3 Å². The maximum atomic E-state index is 13.1. The number of fused-ring (bicyclic) bond motifs is 1. The van der Waals surface area contributed by atoms with Gasteiger partial charge in [0.05, 0.1) is 18.0 Å². The molecule has 4 heteroatoms. The number of ether oxygens (including phenoxy) is 1. The summed E-state index contributed by atoms with van der Waals surface area (Å²) in [4.78, 5) is 3.92.